The molecule has 0 aliphatic carbocycles. The largest absolute Gasteiger partial charge is 0.376 e. The van der Waals surface area contributed by atoms with E-state index in [1.807, 2.05) is 18.7 Å². The summed E-state index contributed by atoms with van der Waals surface area (Å²) in [4.78, 5) is 31.1. The SMILES string of the molecule is CC(C)NC(=O)C[C@@H]1CN(Cc2cccs2)[C@@H]2CO[C@@H](CC(=O)N3CCCC3)[C@H]12. The van der Waals surface area contributed by atoms with Gasteiger partial charge in [0.25, 0.3) is 0 Å². The van der Waals surface area contributed by atoms with Crippen molar-refractivity contribution in [2.24, 2.45) is 11.8 Å². The Kier molecular flexibility index (Phi) is 6.56. The van der Waals surface area contributed by atoms with Gasteiger partial charge in [0.05, 0.1) is 19.1 Å². The van der Waals surface area contributed by atoms with Crippen LogP contribution >= 0.6 is 11.3 Å². The number of nitrogens with one attached hydrogen (secondary N) is 1. The highest BCUT2D eigenvalue weighted by molar-refractivity contribution is 7.09. The zero-order valence-electron chi connectivity index (χ0n) is 17.5. The van der Waals surface area contributed by atoms with Crippen molar-refractivity contribution in [3.63, 3.8) is 0 Å². The molecule has 0 bridgehead atoms. The minimum absolute atomic E-state index is 0.0710. The van der Waals surface area contributed by atoms with Crippen LogP contribution in [0.15, 0.2) is 17.5 Å². The molecule has 0 unspecified atom stereocenters. The molecule has 1 aromatic heterocycles. The van der Waals surface area contributed by atoms with Gasteiger partial charge in [0.15, 0.2) is 0 Å². The summed E-state index contributed by atoms with van der Waals surface area (Å²) in [6.07, 6.45) is 3.11. The molecule has 6 nitrogen and oxygen atoms in total. The van der Waals surface area contributed by atoms with E-state index in [4.69, 9.17) is 4.74 Å². The molecule has 3 aliphatic rings. The second-order valence-corrected chi connectivity index (χ2v) is 10.0. The molecule has 7 heteroatoms. The normalized spacial score (nSPS) is 29.6. The number of hydrogen-bond donors (Lipinski definition) is 1. The van der Waals surface area contributed by atoms with E-state index in [1.54, 1.807) is 11.3 Å². The number of hydrogen-bond acceptors (Lipinski definition) is 5. The third-order valence-corrected chi connectivity index (χ3v) is 7.37. The number of rotatable bonds is 7. The molecule has 2 amide bonds. The van der Waals surface area contributed by atoms with Crippen LogP contribution in [0.5, 0.6) is 0 Å². The molecule has 0 aromatic carbocycles. The van der Waals surface area contributed by atoms with Crippen LogP contribution in [0.25, 0.3) is 0 Å². The monoisotopic (exact) mass is 419 g/mol. The smallest absolute Gasteiger partial charge is 0.225 e. The molecule has 4 heterocycles. The first-order valence-corrected chi connectivity index (χ1v) is 11.8. The second-order valence-electron chi connectivity index (χ2n) is 9.00. The summed E-state index contributed by atoms with van der Waals surface area (Å²) in [7, 11) is 0. The maximum atomic E-state index is 12.8. The molecule has 4 atom stereocenters. The van der Waals surface area contributed by atoms with Crippen molar-refractivity contribution < 1.29 is 14.3 Å². The fourth-order valence-corrected chi connectivity index (χ4v) is 6.01. The minimum Gasteiger partial charge on any atom is -0.376 e. The van der Waals surface area contributed by atoms with Crippen molar-refractivity contribution in [3.05, 3.63) is 22.4 Å². The summed E-state index contributed by atoms with van der Waals surface area (Å²) in [6.45, 7) is 8.21. The third-order valence-electron chi connectivity index (χ3n) is 6.51. The van der Waals surface area contributed by atoms with E-state index in [9.17, 15) is 9.59 Å². The lowest BCUT2D eigenvalue weighted by Crippen LogP contribution is -2.37. The van der Waals surface area contributed by atoms with Crippen molar-refractivity contribution in [2.75, 3.05) is 26.2 Å². The Balaban J connectivity index is 1.46. The Bertz CT molecular complexity index is 702. The summed E-state index contributed by atoms with van der Waals surface area (Å²) in [6, 6.07) is 4.70. The molecule has 4 rings (SSSR count). The topological polar surface area (TPSA) is 61.9 Å². The van der Waals surface area contributed by atoms with Crippen molar-refractivity contribution >= 4 is 23.2 Å². The summed E-state index contributed by atoms with van der Waals surface area (Å²) in [5.74, 6) is 0.811. The number of fused-ring (bicyclic) bond motifs is 1. The zero-order chi connectivity index (χ0) is 20.4. The first-order valence-electron chi connectivity index (χ1n) is 11.0. The predicted molar refractivity (Wildman–Crippen MR) is 114 cm³/mol. The minimum atomic E-state index is -0.0710. The van der Waals surface area contributed by atoms with Gasteiger partial charge in [-0.3, -0.25) is 14.5 Å². The van der Waals surface area contributed by atoms with Gasteiger partial charge >= 0.3 is 0 Å². The summed E-state index contributed by atoms with van der Waals surface area (Å²) < 4.78 is 6.18. The van der Waals surface area contributed by atoms with Crippen molar-refractivity contribution in [3.8, 4) is 0 Å². The fraction of sp³-hybridized carbons (Fsp3) is 0.727. The third kappa shape index (κ3) is 4.84. The average molecular weight is 420 g/mol. The van der Waals surface area contributed by atoms with Crippen LogP contribution in [0.3, 0.4) is 0 Å². The first kappa shape index (κ1) is 20.8. The number of amides is 2. The Labute approximate surface area is 177 Å². The Morgan fingerprint density at radius 2 is 2.07 bits per heavy atom. The van der Waals surface area contributed by atoms with Gasteiger partial charge in [-0.05, 0) is 44.1 Å². The van der Waals surface area contributed by atoms with Crippen LogP contribution in [-0.4, -0.2) is 66.0 Å². The molecule has 1 aromatic rings. The molecule has 1 N–H and O–H groups in total. The van der Waals surface area contributed by atoms with Gasteiger partial charge in [-0.1, -0.05) is 6.07 Å². The van der Waals surface area contributed by atoms with Crippen molar-refractivity contribution in [1.82, 2.24) is 15.1 Å². The highest BCUT2D eigenvalue weighted by Crippen LogP contribution is 2.42. The fourth-order valence-electron chi connectivity index (χ4n) is 5.28. The number of thiophene rings is 1. The zero-order valence-corrected chi connectivity index (χ0v) is 18.3. The molecular weight excluding hydrogens is 386 g/mol. The molecule has 29 heavy (non-hydrogen) atoms. The van der Waals surface area contributed by atoms with Crippen LogP contribution < -0.4 is 5.32 Å². The van der Waals surface area contributed by atoms with E-state index in [1.165, 1.54) is 4.88 Å². The lowest BCUT2D eigenvalue weighted by Gasteiger charge is -2.25. The maximum absolute atomic E-state index is 12.8. The van der Waals surface area contributed by atoms with Gasteiger partial charge in [0.2, 0.25) is 11.8 Å². The van der Waals surface area contributed by atoms with Gasteiger partial charge in [-0.2, -0.15) is 0 Å². The van der Waals surface area contributed by atoms with Gasteiger partial charge in [0, 0.05) is 55.5 Å². The highest BCUT2D eigenvalue weighted by atomic mass is 32.1. The van der Waals surface area contributed by atoms with Crippen LogP contribution in [-0.2, 0) is 20.9 Å². The molecule has 160 valence electrons. The Morgan fingerprint density at radius 1 is 1.28 bits per heavy atom. The summed E-state index contributed by atoms with van der Waals surface area (Å²) in [5, 5.41) is 5.15. The van der Waals surface area contributed by atoms with E-state index >= 15 is 0 Å². The highest BCUT2D eigenvalue weighted by Gasteiger charge is 2.51. The number of nitrogens with zero attached hydrogens (tertiary/aromatic N) is 2. The van der Waals surface area contributed by atoms with Gasteiger partial charge in [0.1, 0.15) is 0 Å². The number of ether oxygens (including phenoxy) is 1. The molecule has 3 aliphatic heterocycles. The molecule has 0 radical (unpaired) electrons. The molecule has 3 saturated heterocycles. The second kappa shape index (κ2) is 9.14. The van der Waals surface area contributed by atoms with Crippen molar-refractivity contribution in [2.45, 2.75) is 64.3 Å². The van der Waals surface area contributed by atoms with Crippen LogP contribution in [0, 0.1) is 11.8 Å². The number of carbonyl (C=O) groups is 2. The molecular formula is C22H33N3O3S. The summed E-state index contributed by atoms with van der Waals surface area (Å²) in [5.41, 5.74) is 0. The van der Waals surface area contributed by atoms with Crippen LogP contribution in [0.1, 0.15) is 44.4 Å². The molecule has 0 saturated carbocycles. The van der Waals surface area contributed by atoms with Gasteiger partial charge in [-0.15, -0.1) is 11.3 Å². The van der Waals surface area contributed by atoms with Crippen LogP contribution in [0.2, 0.25) is 0 Å². The summed E-state index contributed by atoms with van der Waals surface area (Å²) >= 11 is 1.77. The van der Waals surface area contributed by atoms with E-state index in [0.29, 0.717) is 25.5 Å². The number of carbonyl (C=O) groups excluding carboxylic acids is 2. The van der Waals surface area contributed by atoms with E-state index in [2.05, 4.69) is 27.7 Å². The molecule has 3 fully saturated rings. The van der Waals surface area contributed by atoms with Crippen molar-refractivity contribution in [1.29, 1.82) is 0 Å². The lowest BCUT2D eigenvalue weighted by atomic mass is 9.84. The standard InChI is InChI=1S/C22H33N3O3S/c1-15(2)23-20(26)10-16-12-25(13-17-6-5-9-29-17)18-14-28-19(22(16)18)11-21(27)24-7-3-4-8-24/h5-6,9,15-16,18-19,22H,3-4,7-8,10-14H2,1-2H3,(H,23,26)/t16-,18-,19+,22-/m1/s1. The quantitative estimate of drug-likeness (QED) is 0.738. The predicted octanol–water partition coefficient (Wildman–Crippen LogP) is 2.49. The van der Waals surface area contributed by atoms with E-state index < -0.39 is 0 Å². The number of likely N-dealkylation sites (tertiary alicyclic amines) is 2. The Morgan fingerprint density at radius 3 is 2.76 bits per heavy atom. The van der Waals surface area contributed by atoms with E-state index in [0.717, 1.165) is 39.0 Å². The van der Waals surface area contributed by atoms with E-state index in [-0.39, 0.29) is 35.8 Å². The first-order chi connectivity index (χ1) is 14.0. The Hall–Kier alpha value is -1.44. The molecule has 0 spiro atoms. The maximum Gasteiger partial charge on any atom is 0.225 e. The van der Waals surface area contributed by atoms with Crippen LogP contribution in [0.4, 0.5) is 0 Å². The average Bonchev–Trinajstić information content (AvgIpc) is 3.43. The lowest BCUT2D eigenvalue weighted by molar-refractivity contribution is -0.133. The van der Waals surface area contributed by atoms with Gasteiger partial charge in [-0.25, -0.2) is 0 Å². The van der Waals surface area contributed by atoms with Gasteiger partial charge < -0.3 is 15.0 Å².